The van der Waals surface area contributed by atoms with Gasteiger partial charge in [-0.1, -0.05) is 12.1 Å². The van der Waals surface area contributed by atoms with Crippen molar-refractivity contribution in [2.45, 2.75) is 11.3 Å². The maximum absolute atomic E-state index is 12.5. The number of hydrogen-bond acceptors (Lipinski definition) is 4. The summed E-state index contributed by atoms with van der Waals surface area (Å²) in [5, 5.41) is 0. The predicted molar refractivity (Wildman–Crippen MR) is 112 cm³/mol. The zero-order valence-electron chi connectivity index (χ0n) is 12.3. The third-order valence-electron chi connectivity index (χ3n) is 2.83. The lowest BCUT2D eigenvalue weighted by Crippen LogP contribution is -2.32. The second kappa shape index (κ2) is 8.34. The van der Waals surface area contributed by atoms with E-state index >= 15 is 0 Å². The fourth-order valence-corrected chi connectivity index (χ4v) is 5.33. The lowest BCUT2D eigenvalue weighted by atomic mass is 10.2. The van der Waals surface area contributed by atoms with E-state index in [0.717, 1.165) is 15.7 Å². The van der Waals surface area contributed by atoms with Crippen LogP contribution in [0.3, 0.4) is 0 Å². The summed E-state index contributed by atoms with van der Waals surface area (Å²) in [4.78, 5) is 11.6. The summed E-state index contributed by atoms with van der Waals surface area (Å²) >= 11 is 5.85. The highest BCUT2D eigenvalue weighted by atomic mass is 127. The van der Waals surface area contributed by atoms with Crippen molar-refractivity contribution >= 4 is 83.7 Å². The Morgan fingerprint density at radius 3 is 2.31 bits per heavy atom. The van der Waals surface area contributed by atoms with E-state index in [2.05, 4.69) is 4.74 Å². The molecule has 26 heavy (non-hydrogen) atoms. The van der Waals surface area contributed by atoms with Crippen molar-refractivity contribution in [1.82, 2.24) is 4.72 Å². The molecule has 2 aromatic rings. The zero-order chi connectivity index (χ0) is 19.7. The minimum Gasteiger partial charge on any atom is -0.404 e. The van der Waals surface area contributed by atoms with Gasteiger partial charge < -0.3 is 4.74 Å². The minimum absolute atomic E-state index is 0.0969. The fraction of sp³-hybridized carbons (Fsp3) is 0.0714. The molecule has 0 spiro atoms. The fourth-order valence-electron chi connectivity index (χ4n) is 1.83. The summed E-state index contributed by atoms with van der Waals surface area (Å²) in [5.74, 6) is -1.88. The highest BCUT2D eigenvalue weighted by Crippen LogP contribution is 2.29. The monoisotopic (exact) mass is 723 g/mol. The molecule has 2 aromatic carbocycles. The molecular weight excluding hydrogens is 716 g/mol. The average Bonchev–Trinajstić information content (AvgIpc) is 2.49. The van der Waals surface area contributed by atoms with Gasteiger partial charge in [0.1, 0.15) is 10.6 Å². The molecule has 1 amide bonds. The number of para-hydroxylation sites is 1. The van der Waals surface area contributed by atoms with Crippen LogP contribution in [0.2, 0.25) is 0 Å². The Morgan fingerprint density at radius 2 is 1.69 bits per heavy atom. The summed E-state index contributed by atoms with van der Waals surface area (Å²) in [6, 6.07) is 7.45. The van der Waals surface area contributed by atoms with Crippen LogP contribution in [-0.4, -0.2) is 20.7 Å². The first-order valence-electron chi connectivity index (χ1n) is 6.47. The number of nitrogens with one attached hydrogen (secondary N) is 1. The number of hydrogen-bond donors (Lipinski definition) is 1. The molecule has 0 aromatic heterocycles. The molecule has 0 atom stereocenters. The van der Waals surface area contributed by atoms with Crippen LogP contribution in [-0.2, 0) is 10.0 Å². The number of benzene rings is 2. The van der Waals surface area contributed by atoms with E-state index in [1.165, 1.54) is 18.2 Å². The molecule has 0 fully saturated rings. The number of sulfonamides is 1. The number of carbonyl (C=O) groups excluding carboxylic acids is 1. The van der Waals surface area contributed by atoms with E-state index in [4.69, 9.17) is 0 Å². The Labute approximate surface area is 187 Å². The number of carbonyl (C=O) groups is 1. The second-order valence-corrected chi connectivity index (χ2v) is 9.82. The van der Waals surface area contributed by atoms with Crippen molar-refractivity contribution in [3.8, 4) is 5.75 Å². The number of rotatable bonds is 4. The molecule has 0 aliphatic heterocycles. The maximum atomic E-state index is 12.5. The summed E-state index contributed by atoms with van der Waals surface area (Å²) < 4.78 is 69.7. The van der Waals surface area contributed by atoms with Gasteiger partial charge in [0, 0.05) is 10.7 Å². The SMILES string of the molecule is O=C(NS(=O)(=O)c1ccccc1OC(F)(F)F)c1cc(I)cc(I)c1I. The van der Waals surface area contributed by atoms with Gasteiger partial charge in [-0.05, 0) is 92.0 Å². The molecular formula is C14H7F3I3NO4S. The third kappa shape index (κ3) is 5.57. The van der Waals surface area contributed by atoms with Crippen molar-refractivity contribution in [3.05, 3.63) is 52.7 Å². The van der Waals surface area contributed by atoms with Gasteiger partial charge in [-0.2, -0.15) is 0 Å². The Balaban J connectivity index is 2.40. The molecule has 0 aliphatic carbocycles. The Bertz CT molecular complexity index is 964. The van der Waals surface area contributed by atoms with Gasteiger partial charge in [0.2, 0.25) is 0 Å². The smallest absolute Gasteiger partial charge is 0.404 e. The molecule has 2 rings (SSSR count). The zero-order valence-corrected chi connectivity index (χ0v) is 19.6. The molecule has 0 saturated heterocycles. The lowest BCUT2D eigenvalue weighted by molar-refractivity contribution is -0.275. The predicted octanol–water partition coefficient (Wildman–Crippen LogP) is 4.52. The van der Waals surface area contributed by atoms with Crippen molar-refractivity contribution in [3.63, 3.8) is 0 Å². The van der Waals surface area contributed by atoms with Crippen LogP contribution in [0.4, 0.5) is 13.2 Å². The van der Waals surface area contributed by atoms with Gasteiger partial charge in [0.05, 0.1) is 5.56 Å². The van der Waals surface area contributed by atoms with E-state index in [-0.39, 0.29) is 5.56 Å². The Hall–Kier alpha value is -0.360. The number of amides is 1. The molecule has 140 valence electrons. The van der Waals surface area contributed by atoms with E-state index in [1.54, 1.807) is 10.8 Å². The van der Waals surface area contributed by atoms with Crippen molar-refractivity contribution in [2.24, 2.45) is 0 Å². The standard InChI is InChI=1S/C14H7F3I3NO4S/c15-14(16,17)25-10-3-1-2-4-11(10)26(23,24)21-13(22)8-5-7(18)6-9(19)12(8)20/h1-6H,(H,21,22). The van der Waals surface area contributed by atoms with E-state index in [9.17, 15) is 26.4 Å². The molecule has 0 bridgehead atoms. The maximum Gasteiger partial charge on any atom is 0.573 e. The Kier molecular flexibility index (Phi) is 7.03. The second-order valence-electron chi connectivity index (χ2n) is 4.68. The first-order chi connectivity index (χ1) is 11.9. The quantitative estimate of drug-likeness (QED) is 0.373. The molecule has 0 saturated carbocycles. The number of ether oxygens (including phenoxy) is 1. The van der Waals surface area contributed by atoms with Crippen LogP contribution < -0.4 is 9.46 Å². The average molecular weight is 723 g/mol. The van der Waals surface area contributed by atoms with Gasteiger partial charge in [0.25, 0.3) is 15.9 Å². The molecule has 1 N–H and O–H groups in total. The summed E-state index contributed by atoms with van der Waals surface area (Å²) in [6.07, 6.45) is -5.07. The van der Waals surface area contributed by atoms with Crippen LogP contribution >= 0.6 is 67.8 Å². The normalized spacial score (nSPS) is 11.9. The van der Waals surface area contributed by atoms with Gasteiger partial charge in [0.15, 0.2) is 0 Å². The van der Waals surface area contributed by atoms with E-state index in [0.29, 0.717) is 7.14 Å². The summed E-state index contributed by atoms with van der Waals surface area (Å²) in [6.45, 7) is 0. The van der Waals surface area contributed by atoms with Crippen LogP contribution in [0.25, 0.3) is 0 Å². The Morgan fingerprint density at radius 1 is 1.08 bits per heavy atom. The van der Waals surface area contributed by atoms with E-state index in [1.807, 2.05) is 67.8 Å². The number of halogens is 6. The molecule has 0 unspecified atom stereocenters. The summed E-state index contributed by atoms with van der Waals surface area (Å²) in [7, 11) is -4.59. The highest BCUT2D eigenvalue weighted by Gasteiger charge is 2.34. The van der Waals surface area contributed by atoms with Crippen molar-refractivity contribution in [2.75, 3.05) is 0 Å². The van der Waals surface area contributed by atoms with Crippen LogP contribution in [0.15, 0.2) is 41.3 Å². The molecule has 0 aliphatic rings. The molecule has 0 heterocycles. The minimum atomic E-state index is -5.07. The molecule has 12 heteroatoms. The first-order valence-corrected chi connectivity index (χ1v) is 11.2. The van der Waals surface area contributed by atoms with Gasteiger partial charge in [-0.3, -0.25) is 4.79 Å². The van der Waals surface area contributed by atoms with Gasteiger partial charge in [-0.15, -0.1) is 13.2 Å². The lowest BCUT2D eigenvalue weighted by Gasteiger charge is -2.14. The van der Waals surface area contributed by atoms with Crippen LogP contribution in [0, 0.1) is 10.7 Å². The van der Waals surface area contributed by atoms with E-state index < -0.39 is 32.9 Å². The van der Waals surface area contributed by atoms with Gasteiger partial charge in [-0.25, -0.2) is 13.1 Å². The van der Waals surface area contributed by atoms with Gasteiger partial charge >= 0.3 is 6.36 Å². The molecule has 0 radical (unpaired) electrons. The number of alkyl halides is 3. The topological polar surface area (TPSA) is 72.5 Å². The van der Waals surface area contributed by atoms with Crippen molar-refractivity contribution in [1.29, 1.82) is 0 Å². The third-order valence-corrected chi connectivity index (χ3v) is 7.87. The van der Waals surface area contributed by atoms with Crippen molar-refractivity contribution < 1.29 is 31.1 Å². The van der Waals surface area contributed by atoms with Crippen LogP contribution in [0.5, 0.6) is 5.75 Å². The molecule has 5 nitrogen and oxygen atoms in total. The first kappa shape index (κ1) is 21.9. The largest absolute Gasteiger partial charge is 0.573 e. The summed E-state index contributed by atoms with van der Waals surface area (Å²) in [5.41, 5.74) is 0.0969. The highest BCUT2D eigenvalue weighted by molar-refractivity contribution is 14.1. The van der Waals surface area contributed by atoms with Crippen LogP contribution in [0.1, 0.15) is 10.4 Å².